The van der Waals surface area contributed by atoms with Gasteiger partial charge in [-0.25, -0.2) is 4.39 Å². The Morgan fingerprint density at radius 2 is 1.34 bits per heavy atom. The molecule has 5 heterocycles. The number of amides is 4. The van der Waals surface area contributed by atoms with Gasteiger partial charge in [-0.05, 0) is 29.2 Å². The number of aldehydes is 1. The predicted molar refractivity (Wildman–Crippen MR) is 315 cm³/mol. The summed E-state index contributed by atoms with van der Waals surface area (Å²) in [7, 11) is 0. The molecule has 37 heteroatoms. The Morgan fingerprint density at radius 1 is 0.713 bits per heavy atom. The first-order chi connectivity index (χ1) is 44.6. The summed E-state index contributed by atoms with van der Waals surface area (Å²) < 4.78 is 50.0. The Labute approximate surface area is 535 Å². The summed E-state index contributed by atoms with van der Waals surface area (Å²) in [5, 5.41) is 153. The number of nitrogens with one attached hydrogen (secondary N) is 5. The minimum Gasteiger partial charge on any atom is -0.459 e. The second-order valence-corrected chi connectivity index (χ2v) is 23.7. The number of nitrogens with zero attached hydrogens (tertiary/aromatic N) is 3. The smallest absolute Gasteiger partial charge is 0.306 e. The van der Waals surface area contributed by atoms with Crippen molar-refractivity contribution < 1.29 is 128 Å². The standard InChI is InChI=1S/C57H84FN11O25/c1-21(2)11-34(75)93-48-41(79)32(19-73)91-55(46(48)84)94-47-33(20-74)92-54(45(83)43(47)81)90-30-10-9-23(12-26(30)58)13-27(65-50(86)35(59)22(3)24-7-5-4-6-8-24)49(85)67-36(38(76)28-14-62-56(60)66-28)52(88)68-37(51(87)64-25(16-70)17-71)39(77)29-15-63-57(61)69(29)53-44(82)42(80)40(78)31(18-72)89-53/h4-10,12,16,21-22,25,27-29,31-33,35-48,53-55,71-74,76-84H,11,13-15,17-20,59H2,1-3H3,(H2,61,63)(H,64,87)(H,65,86)(H,67,85)(H,68,88)(H3,60,62,66)/t22?,25-,27+,28?,29?,31?,32?,33?,35+,36+,37+,38?,39?,40?,41?,42?,43?,44?,45?,46?,47?,48?,53?,54?,55?/m1/s1. The van der Waals surface area contributed by atoms with Gasteiger partial charge < -0.3 is 148 Å². The molecule has 5 aliphatic heterocycles. The maximum absolute atomic E-state index is 16.4. The topological polar surface area (TPSA) is 587 Å². The van der Waals surface area contributed by atoms with Crippen LogP contribution in [0.3, 0.4) is 0 Å². The molecule has 0 aliphatic carbocycles. The van der Waals surface area contributed by atoms with Crippen molar-refractivity contribution in [2.75, 3.05) is 39.5 Å². The number of rotatable bonds is 29. The van der Waals surface area contributed by atoms with Crippen LogP contribution in [0.1, 0.15) is 44.2 Å². The number of esters is 1. The first kappa shape index (κ1) is 74.4. The van der Waals surface area contributed by atoms with E-state index < -0.39 is 239 Å². The van der Waals surface area contributed by atoms with Gasteiger partial charge in [0.2, 0.25) is 29.9 Å². The summed E-state index contributed by atoms with van der Waals surface area (Å²) in [4.78, 5) is 91.6. The molecule has 5 aliphatic rings. The summed E-state index contributed by atoms with van der Waals surface area (Å²) in [5.41, 5.74) is 19.0. The minimum atomic E-state index is -2.31. The summed E-state index contributed by atoms with van der Waals surface area (Å²) >= 11 is 0. The van der Waals surface area contributed by atoms with Crippen molar-refractivity contribution in [1.29, 1.82) is 0 Å². The zero-order valence-corrected chi connectivity index (χ0v) is 51.0. The molecule has 2 aromatic carbocycles. The largest absolute Gasteiger partial charge is 0.459 e. The molecule has 0 aromatic heterocycles. The number of hydrogen-bond acceptors (Lipinski definition) is 32. The number of ether oxygens (including phenoxy) is 6. The fraction of sp³-hybridized carbons (Fsp3) is 0.649. The third-order valence-electron chi connectivity index (χ3n) is 16.6. The highest BCUT2D eigenvalue weighted by Crippen LogP contribution is 2.34. The monoisotopic (exact) mass is 1340 g/mol. The van der Waals surface area contributed by atoms with Crippen LogP contribution >= 0.6 is 0 Å². The Balaban J connectivity index is 1.15. The highest BCUT2D eigenvalue weighted by Gasteiger charge is 2.55. The lowest BCUT2D eigenvalue weighted by molar-refractivity contribution is -0.353. The number of carbonyl (C=O) groups is 6. The second-order valence-electron chi connectivity index (χ2n) is 23.7. The number of nitrogens with two attached hydrogens (primary N) is 3. The molecule has 20 unspecified atom stereocenters. The van der Waals surface area contributed by atoms with Crippen molar-refractivity contribution in [3.8, 4) is 5.75 Å². The van der Waals surface area contributed by atoms with Crippen LogP contribution < -0.4 is 48.5 Å². The molecular weight excluding hydrogens is 1260 g/mol. The normalized spacial score (nSPS) is 32.0. The minimum absolute atomic E-state index is 0.106. The maximum Gasteiger partial charge on any atom is 0.306 e. The van der Waals surface area contributed by atoms with Gasteiger partial charge in [0.15, 0.2) is 42.1 Å². The predicted octanol–water partition coefficient (Wildman–Crippen LogP) is -11.0. The summed E-state index contributed by atoms with van der Waals surface area (Å²) in [5.74, 6) is -9.52. The van der Waals surface area contributed by atoms with Crippen LogP contribution in [0.5, 0.6) is 5.75 Å². The van der Waals surface area contributed by atoms with Crippen LogP contribution in [0.2, 0.25) is 0 Å². The maximum atomic E-state index is 16.4. The number of aliphatic imine (C=N–C) groups is 2. The van der Waals surface area contributed by atoms with Crippen molar-refractivity contribution in [2.45, 2.75) is 186 Å². The van der Waals surface area contributed by atoms with Gasteiger partial charge in [0.05, 0.1) is 57.6 Å². The number of hydrogen-bond donors (Lipinski definition) is 21. The fourth-order valence-corrected chi connectivity index (χ4v) is 11.2. The molecule has 94 heavy (non-hydrogen) atoms. The van der Waals surface area contributed by atoms with Crippen molar-refractivity contribution in [1.82, 2.24) is 31.5 Å². The van der Waals surface area contributed by atoms with Crippen LogP contribution in [0.25, 0.3) is 0 Å². The van der Waals surface area contributed by atoms with E-state index in [1.165, 1.54) is 6.07 Å². The number of benzene rings is 2. The van der Waals surface area contributed by atoms with Crippen LogP contribution in [-0.2, 0) is 58.9 Å². The molecule has 3 fully saturated rings. The van der Waals surface area contributed by atoms with Gasteiger partial charge in [-0.3, -0.25) is 34.0 Å². The average molecular weight is 1340 g/mol. The highest BCUT2D eigenvalue weighted by atomic mass is 19.1. The Bertz CT molecular complexity index is 2960. The SMILES string of the molecule is CC(C)CC(=O)OC1C(O)C(CO)OC(OC2C(CO)OC(Oc3ccc(C[C@H](NC(=O)[C@@H](N)C(C)c4ccccc4)C(=O)N[C@H](C(=O)N[C@H](C(=O)N[C@H](C=O)CO)C(O)C4CN=C(N)N4C4OC(CO)C(O)C(O)C4O)C(O)C4CN=C(N)N4)cc3F)C(O)C2O)C1O. The lowest BCUT2D eigenvalue weighted by Gasteiger charge is -2.46. The number of carbonyl (C=O) groups excluding carboxylic acids is 6. The molecule has 4 amide bonds. The third-order valence-corrected chi connectivity index (χ3v) is 16.6. The Kier molecular flexibility index (Phi) is 26.2. The van der Waals surface area contributed by atoms with Gasteiger partial charge in [0.25, 0.3) is 0 Å². The van der Waals surface area contributed by atoms with Gasteiger partial charge in [0, 0.05) is 18.8 Å². The van der Waals surface area contributed by atoms with Gasteiger partial charge in [-0.2, -0.15) is 0 Å². The van der Waals surface area contributed by atoms with Crippen molar-refractivity contribution in [3.63, 3.8) is 0 Å². The van der Waals surface area contributed by atoms with Crippen LogP contribution in [0.4, 0.5) is 4.39 Å². The number of aliphatic hydroxyl groups is 13. The Hall–Kier alpha value is -6.99. The average Bonchev–Trinajstić information content (AvgIpc) is 1.37. The van der Waals surface area contributed by atoms with Gasteiger partial charge in [-0.1, -0.05) is 57.2 Å². The quantitative estimate of drug-likeness (QED) is 0.0266. The molecule has 0 radical (unpaired) electrons. The van der Waals surface area contributed by atoms with E-state index in [0.29, 0.717) is 5.56 Å². The molecular formula is C57H84FN11O25. The van der Waals surface area contributed by atoms with Crippen molar-refractivity contribution in [2.24, 2.45) is 33.1 Å². The van der Waals surface area contributed by atoms with Gasteiger partial charge in [-0.15, -0.1) is 0 Å². The van der Waals surface area contributed by atoms with E-state index in [-0.39, 0.29) is 36.7 Å². The fourth-order valence-electron chi connectivity index (χ4n) is 11.2. The summed E-state index contributed by atoms with van der Waals surface area (Å²) in [6.45, 7) is 0.383. The number of aliphatic hydroxyl groups excluding tert-OH is 13. The molecule has 25 atom stereocenters. The van der Waals surface area contributed by atoms with Crippen LogP contribution in [0.15, 0.2) is 58.5 Å². The van der Waals surface area contributed by atoms with Gasteiger partial charge in [0.1, 0.15) is 110 Å². The van der Waals surface area contributed by atoms with Crippen LogP contribution in [0, 0.1) is 11.7 Å². The summed E-state index contributed by atoms with van der Waals surface area (Å²) in [6.07, 6.45) is -32.8. The van der Waals surface area contributed by atoms with E-state index in [1.54, 1.807) is 51.1 Å². The molecule has 2 aromatic rings. The van der Waals surface area contributed by atoms with E-state index >= 15 is 4.39 Å². The van der Waals surface area contributed by atoms with E-state index in [2.05, 4.69) is 36.6 Å². The van der Waals surface area contributed by atoms with E-state index in [9.17, 15) is 95.2 Å². The third kappa shape index (κ3) is 17.3. The van der Waals surface area contributed by atoms with Crippen molar-refractivity contribution in [3.05, 3.63) is 65.5 Å². The number of guanidine groups is 2. The van der Waals surface area contributed by atoms with Crippen LogP contribution in [-0.4, -0.2) is 305 Å². The zero-order valence-electron chi connectivity index (χ0n) is 51.0. The van der Waals surface area contributed by atoms with E-state index in [0.717, 1.165) is 17.0 Å². The highest BCUT2D eigenvalue weighted by molar-refractivity contribution is 5.96. The van der Waals surface area contributed by atoms with Gasteiger partial charge >= 0.3 is 5.97 Å². The molecule has 36 nitrogen and oxygen atoms in total. The molecule has 524 valence electrons. The molecule has 0 spiro atoms. The second kappa shape index (κ2) is 33.1. The number of halogens is 1. The Morgan fingerprint density at radius 3 is 1.95 bits per heavy atom. The zero-order chi connectivity index (χ0) is 69.2. The molecule has 0 bridgehead atoms. The molecule has 24 N–H and O–H groups in total. The molecule has 0 saturated carbocycles. The molecule has 3 saturated heterocycles. The van der Waals surface area contributed by atoms with E-state index in [4.69, 9.17) is 45.6 Å². The lowest BCUT2D eigenvalue weighted by Crippen LogP contribution is -2.70. The summed E-state index contributed by atoms with van der Waals surface area (Å²) in [6, 6.07) is -1.05. The lowest BCUT2D eigenvalue weighted by atomic mass is 9.93. The first-order valence-corrected chi connectivity index (χ1v) is 30.0. The van der Waals surface area contributed by atoms with Crippen molar-refractivity contribution >= 4 is 47.8 Å². The van der Waals surface area contributed by atoms with E-state index in [1.807, 2.05) is 0 Å². The first-order valence-electron chi connectivity index (χ1n) is 30.0. The molecule has 7 rings (SSSR count).